The number of pyridine rings is 4. The zero-order chi connectivity index (χ0) is 35.7. The van der Waals surface area contributed by atoms with Gasteiger partial charge in [-0.15, -0.1) is 0 Å². The minimum absolute atomic E-state index is 0.360. The Labute approximate surface area is 287 Å². The molecule has 51 heavy (non-hydrogen) atoms. The molecule has 4 heterocycles. The second-order valence-corrected chi connectivity index (χ2v) is 12.6. The topological polar surface area (TPSA) is 51.6 Å². The van der Waals surface area contributed by atoms with Gasteiger partial charge in [-0.05, 0) is 49.2 Å². The molecule has 252 valence electrons. The molecule has 0 aliphatic carbocycles. The molecule has 0 N–H and O–H groups in total. The number of rotatable bonds is 4. The van der Waals surface area contributed by atoms with Crippen molar-refractivity contribution in [3.8, 4) is 22.5 Å². The third kappa shape index (κ3) is 5.24. The maximum atomic E-state index is 15.0. The van der Waals surface area contributed by atoms with Crippen molar-refractivity contribution in [2.24, 2.45) is 0 Å². The number of benzene rings is 4. The van der Waals surface area contributed by atoms with Crippen LogP contribution in [-0.2, 0) is 5.41 Å². The summed E-state index contributed by atoms with van der Waals surface area (Å²) in [6, 6.07) is 30.6. The van der Waals surface area contributed by atoms with E-state index < -0.39 is 28.9 Å². The van der Waals surface area contributed by atoms with Gasteiger partial charge in [-0.3, -0.25) is 9.97 Å². The molecule has 0 saturated carbocycles. The lowest BCUT2D eigenvalue weighted by atomic mass is 9.72. The monoisotopic (exact) mass is 688 g/mol. The van der Waals surface area contributed by atoms with Crippen LogP contribution in [0.25, 0.3) is 66.1 Å². The normalized spacial score (nSPS) is 12.7. The van der Waals surface area contributed by atoms with Gasteiger partial charge in [0.25, 0.3) is 0 Å². The maximum Gasteiger partial charge on any atom is 0.411 e. The molecule has 8 rings (SSSR count). The summed E-state index contributed by atoms with van der Waals surface area (Å²) in [5, 5.41) is 3.32. The molecule has 10 heteroatoms. The van der Waals surface area contributed by atoms with E-state index in [1.807, 2.05) is 62.4 Å². The molecule has 0 bridgehead atoms. The minimum Gasteiger partial charge on any atom is -0.251 e. The van der Waals surface area contributed by atoms with Gasteiger partial charge in [0.05, 0.1) is 33.5 Å². The molecule has 0 radical (unpaired) electrons. The van der Waals surface area contributed by atoms with E-state index in [9.17, 15) is 0 Å². The Bertz CT molecular complexity index is 2450. The minimum atomic E-state index is -5.73. The molecule has 4 aromatic heterocycles. The summed E-state index contributed by atoms with van der Waals surface area (Å²) in [6.45, 7) is 3.70. The summed E-state index contributed by atoms with van der Waals surface area (Å²) in [5.41, 5.74) is -0.690. The molecule has 0 amide bonds. The fourth-order valence-electron chi connectivity index (χ4n) is 6.82. The summed E-state index contributed by atoms with van der Waals surface area (Å²) >= 11 is 0. The van der Waals surface area contributed by atoms with Crippen LogP contribution in [0.4, 0.5) is 26.3 Å². The number of aryl methyl sites for hydroxylation is 2. The maximum absolute atomic E-state index is 15.0. The first-order valence-corrected chi connectivity index (χ1v) is 16.0. The Morgan fingerprint density at radius 1 is 0.353 bits per heavy atom. The van der Waals surface area contributed by atoms with Gasteiger partial charge in [0.15, 0.2) is 0 Å². The van der Waals surface area contributed by atoms with Crippen LogP contribution in [0.15, 0.2) is 121 Å². The zero-order valence-electron chi connectivity index (χ0n) is 27.1. The third-order valence-corrected chi connectivity index (χ3v) is 9.40. The quantitative estimate of drug-likeness (QED) is 0.136. The highest BCUT2D eigenvalue weighted by Gasteiger charge is 2.72. The van der Waals surface area contributed by atoms with E-state index in [4.69, 9.17) is 9.97 Å². The van der Waals surface area contributed by atoms with Gasteiger partial charge >= 0.3 is 12.4 Å². The van der Waals surface area contributed by atoms with E-state index in [1.54, 1.807) is 24.3 Å². The molecule has 4 aromatic carbocycles. The van der Waals surface area contributed by atoms with Gasteiger partial charge in [0.1, 0.15) is 0 Å². The van der Waals surface area contributed by atoms with Gasteiger partial charge < -0.3 is 0 Å². The molecule has 0 aliphatic heterocycles. The summed E-state index contributed by atoms with van der Waals surface area (Å²) in [7, 11) is 0. The lowest BCUT2D eigenvalue weighted by Gasteiger charge is -2.38. The second-order valence-electron chi connectivity index (χ2n) is 12.6. The highest BCUT2D eigenvalue weighted by molar-refractivity contribution is 6.04. The van der Waals surface area contributed by atoms with Crippen molar-refractivity contribution < 1.29 is 26.3 Å². The van der Waals surface area contributed by atoms with Crippen LogP contribution in [0.2, 0.25) is 0 Å². The van der Waals surface area contributed by atoms with Gasteiger partial charge in [-0.1, -0.05) is 97.1 Å². The molecular formula is C41H26F6N4. The van der Waals surface area contributed by atoms with Gasteiger partial charge in [-0.2, -0.15) is 26.3 Å². The van der Waals surface area contributed by atoms with E-state index in [0.29, 0.717) is 44.6 Å². The number of hydrogen-bond acceptors (Lipinski definition) is 4. The van der Waals surface area contributed by atoms with E-state index in [2.05, 4.69) is 9.97 Å². The van der Waals surface area contributed by atoms with Crippen LogP contribution in [0.3, 0.4) is 0 Å². The van der Waals surface area contributed by atoms with Gasteiger partial charge in [0, 0.05) is 44.1 Å². The average Bonchev–Trinajstić information content (AvgIpc) is 3.11. The van der Waals surface area contributed by atoms with Crippen molar-refractivity contribution >= 4 is 43.6 Å². The number of alkyl halides is 6. The van der Waals surface area contributed by atoms with Crippen LogP contribution < -0.4 is 0 Å². The van der Waals surface area contributed by atoms with Crippen molar-refractivity contribution in [2.75, 3.05) is 0 Å². The number of hydrogen-bond donors (Lipinski definition) is 0. The smallest absolute Gasteiger partial charge is 0.251 e. The van der Waals surface area contributed by atoms with Crippen molar-refractivity contribution in [1.29, 1.82) is 0 Å². The number of aromatic nitrogens is 4. The Hall–Kier alpha value is -5.90. The summed E-state index contributed by atoms with van der Waals surface area (Å²) in [4.78, 5) is 18.7. The van der Waals surface area contributed by atoms with Crippen LogP contribution in [0, 0.1) is 13.8 Å². The lowest BCUT2D eigenvalue weighted by Crippen LogP contribution is -2.54. The summed E-state index contributed by atoms with van der Waals surface area (Å²) < 4.78 is 90.3. The standard InChI is InChI=1S/C41H26F6N4/c1-23-3-5-27-7-9-29-15-21-33(50-37(29)35(27)48-23)25-11-17-31(18-12-25)39(40(42,43)44,41(45,46)47)32-19-13-26(14-20-32)34-22-16-30-10-8-28-6-4-24(2)49-36(28)38(30)51-34/h3-22H,1-2H3. The van der Waals surface area contributed by atoms with Crippen molar-refractivity contribution in [3.63, 3.8) is 0 Å². The third-order valence-electron chi connectivity index (χ3n) is 9.40. The molecule has 0 saturated heterocycles. The first kappa shape index (κ1) is 32.3. The fraction of sp³-hybridized carbons (Fsp3) is 0.122. The summed E-state index contributed by atoms with van der Waals surface area (Å²) in [6.07, 6.45) is -11.5. The first-order valence-electron chi connectivity index (χ1n) is 16.0. The van der Waals surface area contributed by atoms with Crippen LogP contribution in [0.5, 0.6) is 0 Å². The molecule has 0 aliphatic rings. The zero-order valence-corrected chi connectivity index (χ0v) is 27.1. The van der Waals surface area contributed by atoms with Crippen molar-refractivity contribution in [3.05, 3.63) is 144 Å². The van der Waals surface area contributed by atoms with Gasteiger partial charge in [-0.25, -0.2) is 9.97 Å². The van der Waals surface area contributed by atoms with Crippen LogP contribution in [0.1, 0.15) is 22.5 Å². The van der Waals surface area contributed by atoms with E-state index in [1.165, 1.54) is 24.3 Å². The Kier molecular flexibility index (Phi) is 7.34. The van der Waals surface area contributed by atoms with Crippen molar-refractivity contribution in [2.45, 2.75) is 31.6 Å². The Morgan fingerprint density at radius 2 is 0.647 bits per heavy atom. The first-order chi connectivity index (χ1) is 24.3. The molecule has 0 atom stereocenters. The highest BCUT2D eigenvalue weighted by atomic mass is 19.4. The SMILES string of the molecule is Cc1ccc2ccc3ccc(-c4ccc(C(c5ccc(-c6ccc7ccc8ccc(C)nc8c7n6)cc5)(C(F)(F)F)C(F)(F)F)cc4)nc3c2n1. The fourth-order valence-corrected chi connectivity index (χ4v) is 6.82. The number of nitrogens with zero attached hydrogens (tertiary/aromatic N) is 4. The van der Waals surface area contributed by atoms with Crippen molar-refractivity contribution in [1.82, 2.24) is 19.9 Å². The number of fused-ring (bicyclic) bond motifs is 6. The predicted octanol–water partition coefficient (Wildman–Crippen LogP) is 11.2. The molecule has 0 spiro atoms. The van der Waals surface area contributed by atoms with E-state index in [-0.39, 0.29) is 0 Å². The highest BCUT2D eigenvalue weighted by Crippen LogP contribution is 2.56. The van der Waals surface area contributed by atoms with Gasteiger partial charge in [0.2, 0.25) is 5.41 Å². The molecule has 0 unspecified atom stereocenters. The molecule has 0 fully saturated rings. The molecular weight excluding hydrogens is 662 g/mol. The average molecular weight is 689 g/mol. The largest absolute Gasteiger partial charge is 0.411 e. The van der Waals surface area contributed by atoms with E-state index >= 15 is 26.3 Å². The second kappa shape index (κ2) is 11.6. The van der Waals surface area contributed by atoms with E-state index in [0.717, 1.165) is 57.2 Å². The predicted molar refractivity (Wildman–Crippen MR) is 187 cm³/mol. The Morgan fingerprint density at radius 3 is 0.980 bits per heavy atom. The summed E-state index contributed by atoms with van der Waals surface area (Å²) in [5.74, 6) is 0. The Balaban J connectivity index is 1.21. The molecule has 4 nitrogen and oxygen atoms in total. The molecule has 8 aromatic rings. The lowest BCUT2D eigenvalue weighted by molar-refractivity contribution is -0.288. The number of halogens is 6. The van der Waals surface area contributed by atoms with Crippen LogP contribution in [-0.4, -0.2) is 32.3 Å². The van der Waals surface area contributed by atoms with Crippen LogP contribution >= 0.6 is 0 Å².